The number of nitrogens with one attached hydrogen (secondary N) is 1. The second kappa shape index (κ2) is 13.6. The summed E-state index contributed by atoms with van der Waals surface area (Å²) in [5.74, 6) is -0.0960. The van der Waals surface area contributed by atoms with Crippen molar-refractivity contribution in [1.29, 1.82) is 0 Å². The van der Waals surface area contributed by atoms with Crippen molar-refractivity contribution in [1.82, 2.24) is 14.7 Å². The number of piperazine rings is 1. The van der Waals surface area contributed by atoms with E-state index in [1.165, 1.54) is 4.68 Å². The number of halogens is 2. The van der Waals surface area contributed by atoms with Crippen LogP contribution in [0.1, 0.15) is 42.4 Å². The normalized spacial score (nSPS) is 13.9. The fraction of sp³-hybridized carbons (Fsp3) is 0.303. The lowest BCUT2D eigenvalue weighted by Crippen LogP contribution is -2.48. The zero-order valence-corrected chi connectivity index (χ0v) is 29.0. The van der Waals surface area contributed by atoms with Crippen LogP contribution in [0.2, 0.25) is 10.0 Å². The van der Waals surface area contributed by atoms with Crippen LogP contribution in [-0.2, 0) is 19.8 Å². The summed E-state index contributed by atoms with van der Waals surface area (Å²) >= 11 is 12.5. The van der Waals surface area contributed by atoms with E-state index in [0.717, 1.165) is 17.5 Å². The number of carbonyl (C=O) groups is 2. The Hall–Kier alpha value is -4.10. The third kappa shape index (κ3) is 8.07. The van der Waals surface area contributed by atoms with E-state index in [2.05, 4.69) is 10.2 Å². The van der Waals surface area contributed by atoms with E-state index in [9.17, 15) is 18.0 Å². The van der Waals surface area contributed by atoms with Crippen LogP contribution in [0, 0.1) is 6.92 Å². The Labute approximate surface area is 284 Å². The van der Waals surface area contributed by atoms with Gasteiger partial charge in [0, 0.05) is 49.0 Å². The van der Waals surface area contributed by atoms with Crippen molar-refractivity contribution < 1.29 is 22.3 Å². The third-order valence-corrected chi connectivity index (χ3v) is 8.62. The van der Waals surface area contributed by atoms with E-state index in [0.29, 0.717) is 63.9 Å². The number of anilines is 3. The first-order valence-electron chi connectivity index (χ1n) is 14.9. The standard InChI is InChI=1S/C33H36Cl2N6O5S/c1-22-9-13-25(14-10-22)40-29(21-28(37-40)33(2,3)4)41(46-47(5,44)45)32(43)36-23-11-15-24(16-12-23)38-17-19-39(20-18-38)31(42)30-26(34)7-6-8-27(30)35/h6-16,21H,17-20H2,1-5H3,(H,36,43). The van der Waals surface area contributed by atoms with Crippen LogP contribution in [0.5, 0.6) is 0 Å². The van der Waals surface area contributed by atoms with Crippen LogP contribution in [0.4, 0.5) is 22.0 Å². The number of urea groups is 1. The van der Waals surface area contributed by atoms with Crippen LogP contribution < -0.4 is 15.3 Å². The maximum absolute atomic E-state index is 13.7. The van der Waals surface area contributed by atoms with Crippen molar-refractivity contribution in [3.8, 4) is 5.69 Å². The molecule has 1 saturated heterocycles. The van der Waals surface area contributed by atoms with Gasteiger partial charge in [-0.3, -0.25) is 4.79 Å². The molecular weight excluding hydrogens is 663 g/mol. The van der Waals surface area contributed by atoms with Gasteiger partial charge in [-0.15, -0.1) is 9.35 Å². The molecule has 3 aromatic carbocycles. The number of rotatable bonds is 7. The molecule has 1 aromatic heterocycles. The number of aryl methyl sites for hydroxylation is 1. The van der Waals surface area contributed by atoms with E-state index < -0.39 is 21.6 Å². The molecule has 47 heavy (non-hydrogen) atoms. The summed E-state index contributed by atoms with van der Waals surface area (Å²) in [4.78, 5) is 30.6. The molecule has 0 saturated carbocycles. The van der Waals surface area contributed by atoms with Gasteiger partial charge >= 0.3 is 6.03 Å². The first kappa shape index (κ1) is 34.2. The molecule has 0 atom stereocenters. The SMILES string of the molecule is Cc1ccc(-n2nc(C(C)(C)C)cc2N(OS(C)(=O)=O)C(=O)Nc2ccc(N3CCN(C(=O)c4c(Cl)cccc4Cl)CC3)cc2)cc1. The Morgan fingerprint density at radius 1 is 0.894 bits per heavy atom. The fourth-order valence-corrected chi connectivity index (χ4v) is 6.00. The molecule has 0 radical (unpaired) electrons. The number of hydroxylamine groups is 1. The van der Waals surface area contributed by atoms with Gasteiger partial charge < -0.3 is 15.1 Å². The molecule has 5 rings (SSSR count). The van der Waals surface area contributed by atoms with Crippen molar-refractivity contribution in [3.63, 3.8) is 0 Å². The van der Waals surface area contributed by atoms with Crippen LogP contribution in [-0.4, -0.2) is 67.5 Å². The summed E-state index contributed by atoms with van der Waals surface area (Å²) in [5, 5.41) is 8.78. The number of aromatic nitrogens is 2. The van der Waals surface area contributed by atoms with E-state index >= 15 is 0 Å². The quantitative estimate of drug-likeness (QED) is 0.214. The molecule has 1 aliphatic heterocycles. The number of benzene rings is 3. The summed E-state index contributed by atoms with van der Waals surface area (Å²) in [6, 6.07) is 20.4. The number of nitrogens with zero attached hydrogens (tertiary/aromatic N) is 5. The van der Waals surface area contributed by atoms with Crippen molar-refractivity contribution in [2.45, 2.75) is 33.1 Å². The Balaban J connectivity index is 1.33. The van der Waals surface area contributed by atoms with Crippen molar-refractivity contribution >= 4 is 62.5 Å². The van der Waals surface area contributed by atoms with Gasteiger partial charge in [-0.2, -0.15) is 13.5 Å². The molecule has 0 unspecified atom stereocenters. The summed E-state index contributed by atoms with van der Waals surface area (Å²) in [6.45, 7) is 9.95. The predicted octanol–water partition coefficient (Wildman–Crippen LogP) is 6.68. The minimum absolute atomic E-state index is 0.115. The van der Waals surface area contributed by atoms with Gasteiger partial charge in [0.25, 0.3) is 16.0 Å². The Morgan fingerprint density at radius 2 is 1.47 bits per heavy atom. The van der Waals surface area contributed by atoms with E-state index in [1.807, 2.05) is 64.1 Å². The monoisotopic (exact) mass is 698 g/mol. The minimum atomic E-state index is -4.12. The molecule has 1 N–H and O–H groups in total. The van der Waals surface area contributed by atoms with Gasteiger partial charge in [-0.25, -0.2) is 9.48 Å². The molecule has 2 heterocycles. The molecule has 248 valence electrons. The first-order valence-corrected chi connectivity index (χ1v) is 17.4. The highest BCUT2D eigenvalue weighted by Gasteiger charge is 2.30. The largest absolute Gasteiger partial charge is 0.368 e. The second-order valence-electron chi connectivity index (χ2n) is 12.3. The smallest absolute Gasteiger partial charge is 0.353 e. The predicted molar refractivity (Wildman–Crippen MR) is 185 cm³/mol. The Morgan fingerprint density at radius 3 is 2.02 bits per heavy atom. The van der Waals surface area contributed by atoms with E-state index in [1.54, 1.807) is 41.3 Å². The molecule has 11 nitrogen and oxygen atoms in total. The third-order valence-electron chi connectivity index (χ3n) is 7.57. The fourth-order valence-electron chi connectivity index (χ4n) is 5.03. The van der Waals surface area contributed by atoms with Gasteiger partial charge in [0.05, 0.1) is 33.2 Å². The maximum Gasteiger partial charge on any atom is 0.353 e. The molecule has 4 aromatic rings. The molecule has 0 aliphatic carbocycles. The highest BCUT2D eigenvalue weighted by molar-refractivity contribution is 7.86. The highest BCUT2D eigenvalue weighted by atomic mass is 35.5. The molecule has 1 aliphatic rings. The van der Waals surface area contributed by atoms with Crippen molar-refractivity contribution in [3.05, 3.63) is 99.7 Å². The van der Waals surface area contributed by atoms with Gasteiger partial charge in [0.1, 0.15) is 0 Å². The summed E-state index contributed by atoms with van der Waals surface area (Å²) in [7, 11) is -4.12. The van der Waals surface area contributed by atoms with Crippen LogP contribution >= 0.6 is 23.2 Å². The lowest BCUT2D eigenvalue weighted by atomic mass is 9.92. The van der Waals surface area contributed by atoms with Gasteiger partial charge in [0.2, 0.25) is 0 Å². The molecule has 3 amide bonds. The first-order chi connectivity index (χ1) is 22.1. The van der Waals surface area contributed by atoms with Crippen molar-refractivity contribution in [2.24, 2.45) is 0 Å². The molecule has 1 fully saturated rings. The second-order valence-corrected chi connectivity index (χ2v) is 14.7. The number of hydrogen-bond acceptors (Lipinski definition) is 7. The number of amides is 3. The lowest BCUT2D eigenvalue weighted by Gasteiger charge is -2.36. The lowest BCUT2D eigenvalue weighted by molar-refractivity contribution is 0.0747. The highest BCUT2D eigenvalue weighted by Crippen LogP contribution is 2.31. The molecular formula is C33H36Cl2N6O5S. The summed E-state index contributed by atoms with van der Waals surface area (Å²) < 4.78 is 31.4. The topological polar surface area (TPSA) is 117 Å². The average molecular weight is 700 g/mol. The van der Waals surface area contributed by atoms with Crippen molar-refractivity contribution in [2.75, 3.05) is 47.7 Å². The van der Waals surface area contributed by atoms with Gasteiger partial charge in [-0.1, -0.05) is 67.7 Å². The zero-order valence-electron chi connectivity index (χ0n) is 26.7. The zero-order chi connectivity index (χ0) is 34.1. The van der Waals surface area contributed by atoms with E-state index in [-0.39, 0.29) is 11.7 Å². The number of hydrogen-bond donors (Lipinski definition) is 1. The molecule has 0 bridgehead atoms. The molecule has 14 heteroatoms. The van der Waals surface area contributed by atoms with Crippen LogP contribution in [0.25, 0.3) is 5.69 Å². The number of carbonyl (C=O) groups excluding carboxylic acids is 2. The Kier molecular flexibility index (Phi) is 9.88. The summed E-state index contributed by atoms with van der Waals surface area (Å²) in [6.07, 6.45) is 0.871. The van der Waals surface area contributed by atoms with E-state index in [4.69, 9.17) is 32.6 Å². The summed E-state index contributed by atoms with van der Waals surface area (Å²) in [5.41, 5.74) is 3.48. The van der Waals surface area contributed by atoms with Gasteiger partial charge in [0.15, 0.2) is 5.82 Å². The van der Waals surface area contributed by atoms with Crippen LogP contribution in [0.3, 0.4) is 0 Å². The van der Waals surface area contributed by atoms with Crippen LogP contribution in [0.15, 0.2) is 72.8 Å². The Bertz CT molecular complexity index is 1860. The minimum Gasteiger partial charge on any atom is -0.368 e. The van der Waals surface area contributed by atoms with Gasteiger partial charge in [-0.05, 0) is 55.5 Å². The molecule has 0 spiro atoms. The average Bonchev–Trinajstić information content (AvgIpc) is 3.46. The maximum atomic E-state index is 13.7.